The number of benzene rings is 1. The van der Waals surface area contributed by atoms with E-state index in [1.54, 1.807) is 0 Å². The lowest BCUT2D eigenvalue weighted by molar-refractivity contribution is 0.0434. The quantitative estimate of drug-likeness (QED) is 0.830. The first-order chi connectivity index (χ1) is 14.8. The highest BCUT2D eigenvalue weighted by Crippen LogP contribution is 2.27. The molecule has 0 bridgehead atoms. The molecule has 4 nitrogen and oxygen atoms in total. The van der Waals surface area contributed by atoms with Gasteiger partial charge >= 0.3 is 0 Å². The first-order valence-corrected chi connectivity index (χ1v) is 8.84. The number of halogens is 3. The standard InChI is InChI=1S/C20H22ClF2N3O/c1-14-2-4-16(25-11-14)12-24-13-20(23)6-8-26(9-7-20)19(27)15-3-5-18(22)17(21)10-15/h2-5,10-11,24H,6-9,12-13H2,1H3/i1D3,12D2. The number of carbonyl (C=O) groups excluding carboxylic acids is 1. The highest BCUT2D eigenvalue weighted by atomic mass is 35.5. The molecule has 0 radical (unpaired) electrons. The number of aromatic nitrogens is 1. The van der Waals surface area contributed by atoms with Crippen LogP contribution in [0.25, 0.3) is 0 Å². The minimum Gasteiger partial charge on any atom is -0.338 e. The monoisotopic (exact) mass is 398 g/mol. The lowest BCUT2D eigenvalue weighted by Gasteiger charge is -2.36. The Hall–Kier alpha value is -2.05. The predicted octanol–water partition coefficient (Wildman–Crippen LogP) is 3.92. The lowest BCUT2D eigenvalue weighted by Crippen LogP contribution is -2.48. The van der Waals surface area contributed by atoms with Gasteiger partial charge in [-0.15, -0.1) is 0 Å². The van der Waals surface area contributed by atoms with E-state index in [0.29, 0.717) is 0 Å². The highest BCUT2D eigenvalue weighted by Gasteiger charge is 2.35. The molecule has 0 unspecified atom stereocenters. The van der Waals surface area contributed by atoms with E-state index in [2.05, 4.69) is 10.3 Å². The Morgan fingerprint density at radius 2 is 2.19 bits per heavy atom. The number of aryl methyl sites for hydroxylation is 1. The number of piperidine rings is 1. The average Bonchev–Trinajstić information content (AvgIpc) is 2.74. The molecule has 27 heavy (non-hydrogen) atoms. The molecule has 1 fully saturated rings. The third-order valence-corrected chi connectivity index (χ3v) is 4.79. The Bertz CT molecular complexity index is 980. The summed E-state index contributed by atoms with van der Waals surface area (Å²) in [6.07, 6.45) is 1.06. The zero-order valence-electron chi connectivity index (χ0n) is 19.4. The molecule has 1 aromatic carbocycles. The molecule has 3 rings (SSSR count). The number of carbonyl (C=O) groups is 1. The Labute approximate surface area is 169 Å². The number of likely N-dealkylation sites (tertiary alicyclic amines) is 1. The third-order valence-electron chi connectivity index (χ3n) is 4.50. The summed E-state index contributed by atoms with van der Waals surface area (Å²) in [4.78, 5) is 17.9. The van der Waals surface area contributed by atoms with Gasteiger partial charge in [-0.2, -0.15) is 0 Å². The Morgan fingerprint density at radius 1 is 1.41 bits per heavy atom. The third kappa shape index (κ3) is 5.02. The molecular weight excluding hydrogens is 372 g/mol. The van der Waals surface area contributed by atoms with Crippen molar-refractivity contribution in [2.24, 2.45) is 0 Å². The number of hydrogen-bond acceptors (Lipinski definition) is 3. The summed E-state index contributed by atoms with van der Waals surface area (Å²) in [7, 11) is 0. The van der Waals surface area contributed by atoms with Gasteiger partial charge in [-0.25, -0.2) is 8.78 Å². The molecule has 0 saturated carbocycles. The summed E-state index contributed by atoms with van der Waals surface area (Å²) < 4.78 is 66.9. The highest BCUT2D eigenvalue weighted by molar-refractivity contribution is 6.31. The van der Waals surface area contributed by atoms with Crippen molar-refractivity contribution in [2.75, 3.05) is 19.6 Å². The number of hydrogen-bond donors (Lipinski definition) is 1. The molecule has 2 aromatic rings. The van der Waals surface area contributed by atoms with E-state index in [9.17, 15) is 9.18 Å². The van der Waals surface area contributed by atoms with Gasteiger partial charge in [0.25, 0.3) is 5.91 Å². The lowest BCUT2D eigenvalue weighted by atomic mass is 9.92. The smallest absolute Gasteiger partial charge is 0.253 e. The number of amides is 1. The minimum absolute atomic E-state index is 0.0117. The summed E-state index contributed by atoms with van der Waals surface area (Å²) >= 11 is 5.72. The maximum absolute atomic E-state index is 15.3. The van der Waals surface area contributed by atoms with Crippen molar-refractivity contribution in [3.63, 3.8) is 0 Å². The summed E-state index contributed by atoms with van der Waals surface area (Å²) in [6.45, 7) is -4.61. The molecule has 2 heterocycles. The van der Waals surface area contributed by atoms with E-state index in [1.807, 2.05) is 0 Å². The summed E-state index contributed by atoms with van der Waals surface area (Å²) in [5, 5.41) is 2.36. The number of pyridine rings is 1. The second-order valence-electron chi connectivity index (χ2n) is 6.48. The van der Waals surface area contributed by atoms with E-state index in [1.165, 1.54) is 29.2 Å². The molecular formula is C20H22ClF2N3O. The van der Waals surface area contributed by atoms with Gasteiger partial charge in [-0.3, -0.25) is 9.78 Å². The van der Waals surface area contributed by atoms with Crippen LogP contribution in [0.1, 0.15) is 41.3 Å². The topological polar surface area (TPSA) is 45.2 Å². The van der Waals surface area contributed by atoms with E-state index in [-0.39, 0.29) is 60.2 Å². The van der Waals surface area contributed by atoms with Crippen molar-refractivity contribution in [3.05, 3.63) is 64.2 Å². The fraction of sp³-hybridized carbons (Fsp3) is 0.400. The summed E-state index contributed by atoms with van der Waals surface area (Å²) in [5.74, 6) is -1.01. The van der Waals surface area contributed by atoms with Crippen molar-refractivity contribution < 1.29 is 20.4 Å². The number of alkyl halides is 1. The second-order valence-corrected chi connectivity index (χ2v) is 6.89. The Morgan fingerprint density at radius 3 is 2.81 bits per heavy atom. The van der Waals surface area contributed by atoms with Crippen molar-refractivity contribution in [1.29, 1.82) is 0 Å². The average molecular weight is 399 g/mol. The molecule has 1 aromatic heterocycles. The van der Waals surface area contributed by atoms with Crippen LogP contribution in [-0.4, -0.2) is 41.1 Å². The van der Waals surface area contributed by atoms with Crippen molar-refractivity contribution in [2.45, 2.75) is 31.9 Å². The molecule has 1 aliphatic heterocycles. The van der Waals surface area contributed by atoms with Crippen molar-refractivity contribution >= 4 is 17.5 Å². The zero-order valence-corrected chi connectivity index (χ0v) is 15.2. The zero-order chi connectivity index (χ0) is 23.7. The molecule has 1 N–H and O–H groups in total. The predicted molar refractivity (Wildman–Crippen MR) is 101 cm³/mol. The van der Waals surface area contributed by atoms with E-state index in [4.69, 9.17) is 18.5 Å². The van der Waals surface area contributed by atoms with Gasteiger partial charge in [0.05, 0.1) is 10.7 Å². The van der Waals surface area contributed by atoms with Crippen LogP contribution in [-0.2, 0) is 6.50 Å². The Kier molecular flexibility index (Phi) is 4.32. The SMILES string of the molecule is [2H]C([2H])([2H])c1ccc(C([2H])([2H])NCC2(F)CCN(C(=O)c3ccc(F)c(Cl)c3)CC2)nc1. The maximum atomic E-state index is 15.3. The molecule has 0 atom stereocenters. The largest absolute Gasteiger partial charge is 0.338 e. The number of nitrogens with zero attached hydrogens (tertiary/aromatic N) is 2. The summed E-state index contributed by atoms with van der Waals surface area (Å²) in [6, 6.07) is 6.18. The van der Waals surface area contributed by atoms with Crippen LogP contribution >= 0.6 is 11.6 Å². The van der Waals surface area contributed by atoms with Gasteiger partial charge in [0, 0.05) is 57.6 Å². The van der Waals surface area contributed by atoms with Crippen molar-refractivity contribution in [3.8, 4) is 0 Å². The first kappa shape index (κ1) is 14.0. The molecule has 7 heteroatoms. The van der Waals surface area contributed by atoms with Crippen LogP contribution in [0, 0.1) is 12.7 Å². The van der Waals surface area contributed by atoms with Gasteiger partial charge in [0.2, 0.25) is 0 Å². The van der Waals surface area contributed by atoms with Gasteiger partial charge < -0.3 is 10.2 Å². The minimum atomic E-state index is -2.35. The van der Waals surface area contributed by atoms with E-state index < -0.39 is 24.8 Å². The van der Waals surface area contributed by atoms with Crippen molar-refractivity contribution in [1.82, 2.24) is 15.2 Å². The van der Waals surface area contributed by atoms with E-state index in [0.717, 1.165) is 12.3 Å². The number of rotatable bonds is 5. The van der Waals surface area contributed by atoms with Crippen LogP contribution in [0.15, 0.2) is 36.5 Å². The van der Waals surface area contributed by atoms with Gasteiger partial charge in [0.1, 0.15) is 11.5 Å². The molecule has 0 aliphatic carbocycles. The summed E-state index contributed by atoms with van der Waals surface area (Å²) in [5.41, 5.74) is -1.61. The first-order valence-electron chi connectivity index (χ1n) is 11.0. The van der Waals surface area contributed by atoms with E-state index >= 15 is 4.39 Å². The molecule has 0 spiro atoms. The molecule has 144 valence electrons. The Balaban J connectivity index is 1.58. The maximum Gasteiger partial charge on any atom is 0.253 e. The molecule has 1 amide bonds. The molecule has 1 saturated heterocycles. The molecule has 1 aliphatic rings. The van der Waals surface area contributed by atoms with Gasteiger partial charge in [-0.05, 0) is 36.7 Å². The van der Waals surface area contributed by atoms with Crippen LogP contribution in [0.4, 0.5) is 8.78 Å². The fourth-order valence-electron chi connectivity index (χ4n) is 2.86. The normalized spacial score (nSPS) is 20.1. The second kappa shape index (κ2) is 8.31. The van der Waals surface area contributed by atoms with Crippen LogP contribution in [0.5, 0.6) is 0 Å². The number of nitrogens with one attached hydrogen (secondary N) is 1. The van der Waals surface area contributed by atoms with Crippen LogP contribution in [0.3, 0.4) is 0 Å². The van der Waals surface area contributed by atoms with Crippen LogP contribution < -0.4 is 5.32 Å². The van der Waals surface area contributed by atoms with Crippen LogP contribution in [0.2, 0.25) is 5.02 Å². The van der Waals surface area contributed by atoms with Gasteiger partial charge in [-0.1, -0.05) is 17.7 Å². The fourth-order valence-corrected chi connectivity index (χ4v) is 3.04. The van der Waals surface area contributed by atoms with Gasteiger partial charge in [0.15, 0.2) is 0 Å².